The van der Waals surface area contributed by atoms with Gasteiger partial charge in [0.25, 0.3) is 11.2 Å². The molecule has 0 saturated heterocycles. The minimum Gasteiger partial charge on any atom is -0.365 e. The Morgan fingerprint density at radius 1 is 1.43 bits per heavy atom. The van der Waals surface area contributed by atoms with E-state index in [1.807, 2.05) is 0 Å². The molecule has 2 heterocycles. The van der Waals surface area contributed by atoms with Crippen LogP contribution in [0, 0.1) is 17.0 Å². The number of non-ortho nitro benzene ring substituents is 1. The molecule has 1 aromatic heterocycles. The lowest BCUT2D eigenvalue weighted by molar-refractivity contribution is -0.384. The minimum atomic E-state index is -1.47. The standard InChI is InChI=1S/C12H10N4O4S/c1-7-10(17)13-11-15(14-7)12(18,6-21-11)8-2-4-9(5-3-8)16(19)20/h2-5,18H,6H2,1H3/t12-/m0/s1. The van der Waals surface area contributed by atoms with Crippen LogP contribution >= 0.6 is 11.8 Å². The average molecular weight is 306 g/mol. The number of nitro groups is 1. The molecule has 0 saturated carbocycles. The van der Waals surface area contributed by atoms with Gasteiger partial charge in [0, 0.05) is 17.7 Å². The topological polar surface area (TPSA) is 111 Å². The van der Waals surface area contributed by atoms with Crippen molar-refractivity contribution >= 4 is 17.4 Å². The molecule has 1 aliphatic heterocycles. The molecule has 0 bridgehead atoms. The van der Waals surface area contributed by atoms with Gasteiger partial charge >= 0.3 is 0 Å². The molecule has 0 radical (unpaired) electrons. The third-order valence-corrected chi connectivity index (χ3v) is 4.30. The summed E-state index contributed by atoms with van der Waals surface area (Å²) >= 11 is 1.21. The fourth-order valence-corrected chi connectivity index (χ4v) is 3.15. The first kappa shape index (κ1) is 13.7. The Bertz CT molecular complexity index is 789. The number of hydrogen-bond acceptors (Lipinski definition) is 7. The highest BCUT2D eigenvalue weighted by Gasteiger charge is 2.41. The van der Waals surface area contributed by atoms with Crippen molar-refractivity contribution < 1.29 is 10.0 Å². The number of aryl methyl sites for hydroxylation is 1. The van der Waals surface area contributed by atoms with Crippen molar-refractivity contribution in [2.75, 3.05) is 5.75 Å². The number of fused-ring (bicyclic) bond motifs is 1. The smallest absolute Gasteiger partial charge is 0.295 e. The minimum absolute atomic E-state index is 0.0598. The molecular weight excluding hydrogens is 296 g/mol. The summed E-state index contributed by atoms with van der Waals surface area (Å²) in [4.78, 5) is 25.5. The van der Waals surface area contributed by atoms with E-state index in [1.54, 1.807) is 0 Å². The fraction of sp³-hybridized carbons (Fsp3) is 0.250. The molecule has 0 amide bonds. The van der Waals surface area contributed by atoms with Crippen molar-refractivity contribution in [3.8, 4) is 0 Å². The molecule has 21 heavy (non-hydrogen) atoms. The number of aromatic nitrogens is 3. The maximum Gasteiger partial charge on any atom is 0.295 e. The third-order valence-electron chi connectivity index (χ3n) is 3.23. The number of hydrogen-bond donors (Lipinski definition) is 1. The molecule has 0 fully saturated rings. The lowest BCUT2D eigenvalue weighted by Crippen LogP contribution is -2.37. The highest BCUT2D eigenvalue weighted by Crippen LogP contribution is 2.38. The van der Waals surface area contributed by atoms with E-state index in [-0.39, 0.29) is 17.1 Å². The molecule has 0 unspecified atom stereocenters. The van der Waals surface area contributed by atoms with Gasteiger partial charge in [0.05, 0.1) is 10.7 Å². The van der Waals surface area contributed by atoms with E-state index in [0.29, 0.717) is 10.7 Å². The van der Waals surface area contributed by atoms with Gasteiger partial charge in [-0.1, -0.05) is 11.8 Å². The summed E-state index contributed by atoms with van der Waals surface area (Å²) in [5.74, 6) is 0.230. The van der Waals surface area contributed by atoms with Crippen LogP contribution in [0.3, 0.4) is 0 Å². The van der Waals surface area contributed by atoms with Gasteiger partial charge in [0.2, 0.25) is 0 Å². The van der Waals surface area contributed by atoms with Crippen molar-refractivity contribution in [1.82, 2.24) is 14.8 Å². The molecule has 8 nitrogen and oxygen atoms in total. The van der Waals surface area contributed by atoms with Crippen LogP contribution in [0.5, 0.6) is 0 Å². The van der Waals surface area contributed by atoms with Crippen molar-refractivity contribution in [2.24, 2.45) is 0 Å². The van der Waals surface area contributed by atoms with Crippen LogP contribution in [0.15, 0.2) is 34.2 Å². The molecule has 0 aliphatic carbocycles. The summed E-state index contributed by atoms with van der Waals surface area (Å²) < 4.78 is 1.29. The zero-order valence-electron chi connectivity index (χ0n) is 10.9. The van der Waals surface area contributed by atoms with Crippen LogP contribution in [0.1, 0.15) is 11.3 Å². The first-order valence-electron chi connectivity index (χ1n) is 6.00. The first-order valence-corrected chi connectivity index (χ1v) is 6.99. The zero-order valence-corrected chi connectivity index (χ0v) is 11.7. The molecule has 9 heteroatoms. The Balaban J connectivity index is 2.10. The Kier molecular flexibility index (Phi) is 3.03. The van der Waals surface area contributed by atoms with Gasteiger partial charge in [-0.2, -0.15) is 10.1 Å². The first-order chi connectivity index (χ1) is 9.91. The van der Waals surface area contributed by atoms with Crippen molar-refractivity contribution in [1.29, 1.82) is 0 Å². The highest BCUT2D eigenvalue weighted by molar-refractivity contribution is 7.99. The van der Waals surface area contributed by atoms with Crippen LogP contribution in [0.2, 0.25) is 0 Å². The zero-order chi connectivity index (χ0) is 15.2. The summed E-state index contributed by atoms with van der Waals surface area (Å²) in [6, 6.07) is 5.59. The van der Waals surface area contributed by atoms with Gasteiger partial charge in [-0.05, 0) is 19.1 Å². The SMILES string of the molecule is Cc1nn2c(nc1=O)SC[C@]2(O)c1ccc([N+](=O)[O-])cc1. The summed E-state index contributed by atoms with van der Waals surface area (Å²) in [5.41, 5.74) is -1.32. The van der Waals surface area contributed by atoms with Crippen molar-refractivity contribution in [3.05, 3.63) is 56.0 Å². The van der Waals surface area contributed by atoms with Gasteiger partial charge in [0.1, 0.15) is 5.69 Å². The number of nitro benzene ring substituents is 1. The molecule has 2 aromatic rings. The Morgan fingerprint density at radius 3 is 2.71 bits per heavy atom. The summed E-state index contributed by atoms with van der Waals surface area (Å²) in [5, 5.41) is 25.9. The molecule has 1 aromatic carbocycles. The van der Waals surface area contributed by atoms with Crippen LogP contribution in [-0.2, 0) is 5.72 Å². The second kappa shape index (κ2) is 4.64. The molecule has 3 rings (SSSR count). The molecule has 1 N–H and O–H groups in total. The molecule has 1 aliphatic rings. The van der Waals surface area contributed by atoms with E-state index in [4.69, 9.17) is 0 Å². The van der Waals surface area contributed by atoms with E-state index >= 15 is 0 Å². The Labute approximate surface area is 122 Å². The number of nitrogens with zero attached hydrogens (tertiary/aromatic N) is 4. The summed E-state index contributed by atoms with van der Waals surface area (Å²) in [7, 11) is 0. The lowest BCUT2D eigenvalue weighted by Gasteiger charge is -2.24. The van der Waals surface area contributed by atoms with Crippen LogP contribution in [0.25, 0.3) is 0 Å². The lowest BCUT2D eigenvalue weighted by atomic mass is 10.0. The van der Waals surface area contributed by atoms with E-state index < -0.39 is 16.2 Å². The van der Waals surface area contributed by atoms with E-state index in [9.17, 15) is 20.0 Å². The maximum absolute atomic E-state index is 11.5. The Morgan fingerprint density at radius 2 is 2.10 bits per heavy atom. The number of aliphatic hydroxyl groups is 1. The number of rotatable bonds is 2. The monoisotopic (exact) mass is 306 g/mol. The van der Waals surface area contributed by atoms with Crippen molar-refractivity contribution in [2.45, 2.75) is 17.8 Å². The molecule has 108 valence electrons. The summed E-state index contributed by atoms with van der Waals surface area (Å²) in [6.07, 6.45) is 0. The second-order valence-corrected chi connectivity index (χ2v) is 5.55. The van der Waals surface area contributed by atoms with Gasteiger partial charge in [0.15, 0.2) is 10.9 Å². The molecular formula is C12H10N4O4S. The second-order valence-electron chi connectivity index (χ2n) is 4.61. The summed E-state index contributed by atoms with van der Waals surface area (Å²) in [6.45, 7) is 1.52. The fourth-order valence-electron chi connectivity index (χ4n) is 2.07. The van der Waals surface area contributed by atoms with E-state index in [1.165, 1.54) is 47.6 Å². The normalized spacial score (nSPS) is 20.3. The quantitative estimate of drug-likeness (QED) is 0.640. The van der Waals surface area contributed by atoms with Crippen LogP contribution in [0.4, 0.5) is 5.69 Å². The Hall–Kier alpha value is -2.26. The van der Waals surface area contributed by atoms with Gasteiger partial charge in [-0.25, -0.2) is 4.68 Å². The maximum atomic E-state index is 11.5. The molecule has 1 atom stereocenters. The van der Waals surface area contributed by atoms with Gasteiger partial charge < -0.3 is 5.11 Å². The van der Waals surface area contributed by atoms with E-state index in [0.717, 1.165) is 0 Å². The predicted octanol–water partition coefficient (Wildman–Crippen LogP) is 0.654. The highest BCUT2D eigenvalue weighted by atomic mass is 32.2. The number of thioether (sulfide) groups is 1. The van der Waals surface area contributed by atoms with Crippen LogP contribution < -0.4 is 5.56 Å². The molecule has 0 spiro atoms. The predicted molar refractivity (Wildman–Crippen MR) is 74.1 cm³/mol. The van der Waals surface area contributed by atoms with Crippen molar-refractivity contribution in [3.63, 3.8) is 0 Å². The average Bonchev–Trinajstić information content (AvgIpc) is 2.78. The largest absolute Gasteiger partial charge is 0.365 e. The van der Waals surface area contributed by atoms with E-state index in [2.05, 4.69) is 10.1 Å². The van der Waals surface area contributed by atoms with Crippen LogP contribution in [-0.4, -0.2) is 30.5 Å². The third kappa shape index (κ3) is 2.10. The number of benzene rings is 1. The van der Waals surface area contributed by atoms with Gasteiger partial charge in [-0.15, -0.1) is 0 Å². The van der Waals surface area contributed by atoms with Gasteiger partial charge in [-0.3, -0.25) is 14.9 Å².